The summed E-state index contributed by atoms with van der Waals surface area (Å²) in [7, 11) is 1.41. The minimum Gasteiger partial charge on any atom is -0.507 e. The van der Waals surface area contributed by atoms with Crippen molar-refractivity contribution in [3.8, 4) is 23.0 Å². The van der Waals surface area contributed by atoms with Gasteiger partial charge in [-0.1, -0.05) is 57.5 Å². The van der Waals surface area contributed by atoms with Crippen molar-refractivity contribution < 1.29 is 77.9 Å². The number of aromatic nitrogens is 1. The first kappa shape index (κ1) is 61.8. The molecule has 4 aromatic rings. The van der Waals surface area contributed by atoms with Crippen LogP contribution in [0.1, 0.15) is 118 Å². The third-order valence-electron chi connectivity index (χ3n) is 17.4. The summed E-state index contributed by atoms with van der Waals surface area (Å²) in [6.45, 7) is 13.3. The van der Waals surface area contributed by atoms with Crippen LogP contribution in [0.5, 0.6) is 23.0 Å². The first-order valence-electron chi connectivity index (χ1n) is 28.4. The SMILES string of the molecule is CO[C@H]1/C=C/O[C@@]2(C)Oc3c(C)c(O)c4c(O)c(c(/C=N/N5CCC(C(=O)NC6CCN(c7c(F)cc8c(=O)c(C(=O)O)cn(C9CC9)c8c7Cl)C6)CC5)c(O)c4c3C2=O)NC(=O)/C(C)=C\C=C\[C@H](C)[C@H](O)[C@@H](C)[C@@H](O)[C@@H](C)[C@H](OC(C)=O)[C@@H]1C. The fraction of sp³-hybridized carbons (Fsp3) is 0.492. The second kappa shape index (κ2) is 24.3. The Labute approximate surface area is 494 Å². The van der Waals surface area contributed by atoms with Crippen LogP contribution >= 0.6 is 11.6 Å². The fourth-order valence-corrected chi connectivity index (χ4v) is 12.6. The van der Waals surface area contributed by atoms with Gasteiger partial charge in [0.05, 0.1) is 74.6 Å². The summed E-state index contributed by atoms with van der Waals surface area (Å²) in [5.41, 5.74) is -1.84. The number of pyridine rings is 1. The second-order valence-corrected chi connectivity index (χ2v) is 23.6. The summed E-state index contributed by atoms with van der Waals surface area (Å²) in [6.07, 6.45) is 8.16. The summed E-state index contributed by atoms with van der Waals surface area (Å²) in [5, 5.41) is 80.4. The number of aromatic hydroxyl groups is 3. The third-order valence-corrected chi connectivity index (χ3v) is 17.8. The zero-order chi connectivity index (χ0) is 61.8. The van der Waals surface area contributed by atoms with E-state index >= 15 is 4.39 Å². The standard InChI is InChI=1S/C61H72ClFN6O16/c1-27-11-10-12-28(2)58(78)66-46-38(24-64-68-20-15-34(16-21-68)59(79)65-35-17-19-67(25-35)48-40(63)23-37-47(45(48)62)69(36-13-14-36)26-39(52(37)74)60(80)81)53(75)42-43(54(46)76)51(73)32(6)56-44(42)57(77)61(8,85-56)83-22-18-41(82-9)29(3)55(84-33(7)70)31(5)50(72)30(4)49(27)71/h10-12,18,22-24,26-27,29-31,34-36,41,49-50,55,71-73,75-76H,13-17,19-21,25H2,1-9H3,(H,65,79)(H,66,78)(H,80,81)/b11-10+,22-18+,28-12-,64-24+/t27-,29+,30+,31+,35?,41-,49-,50+,55+,61-/m0/s1. The molecular formula is C61H72ClFN6O16. The number of hydrogen-bond donors (Lipinski definition) is 8. The molecular weight excluding hydrogens is 1130 g/mol. The van der Waals surface area contributed by atoms with Crippen molar-refractivity contribution in [1.82, 2.24) is 14.9 Å². The number of anilines is 2. The van der Waals surface area contributed by atoms with Crippen LogP contribution in [0.3, 0.4) is 0 Å². The third kappa shape index (κ3) is 11.7. The van der Waals surface area contributed by atoms with Crippen molar-refractivity contribution >= 4 is 80.4 Å². The molecule has 1 saturated carbocycles. The number of carboxylic acids is 1. The number of rotatable bonds is 9. The van der Waals surface area contributed by atoms with E-state index in [1.54, 1.807) is 54.3 Å². The lowest BCUT2D eigenvalue weighted by molar-refractivity contribution is -0.160. The number of aliphatic hydroxyl groups is 2. The summed E-state index contributed by atoms with van der Waals surface area (Å²) in [5.74, 6) is -12.2. The molecule has 22 nitrogen and oxygen atoms in total. The Balaban J connectivity index is 0.986. The van der Waals surface area contributed by atoms with Gasteiger partial charge in [-0.05, 0) is 58.1 Å². The summed E-state index contributed by atoms with van der Waals surface area (Å²) < 4.78 is 41.4. The molecule has 2 amide bonds. The number of allylic oxidation sites excluding steroid dienone is 2. The van der Waals surface area contributed by atoms with Crippen molar-refractivity contribution in [2.45, 2.75) is 130 Å². The minimum absolute atomic E-state index is 0.0152. The maximum atomic E-state index is 15.9. The number of Topliss-reactive ketones (excluding diaryl/α,β-unsaturated/α-hetero) is 1. The summed E-state index contributed by atoms with van der Waals surface area (Å²) in [4.78, 5) is 81.9. The Bertz CT molecular complexity index is 3570. The van der Waals surface area contributed by atoms with Crippen molar-refractivity contribution in [3.05, 3.63) is 91.7 Å². The molecule has 3 aromatic carbocycles. The highest BCUT2D eigenvalue weighted by Crippen LogP contribution is 2.55. The van der Waals surface area contributed by atoms with Gasteiger partial charge in [-0.25, -0.2) is 9.18 Å². The van der Waals surface area contributed by atoms with E-state index in [1.807, 2.05) is 0 Å². The Morgan fingerprint density at radius 2 is 1.62 bits per heavy atom. The van der Waals surface area contributed by atoms with E-state index < -0.39 is 129 Å². The number of phenols is 3. The molecule has 24 heteroatoms. The highest BCUT2D eigenvalue weighted by Gasteiger charge is 2.50. The van der Waals surface area contributed by atoms with E-state index in [-0.39, 0.29) is 92.3 Å². The first-order valence-corrected chi connectivity index (χ1v) is 28.8. The lowest BCUT2D eigenvalue weighted by atomic mass is 9.78. The van der Waals surface area contributed by atoms with Gasteiger partial charge in [-0.3, -0.25) is 29.0 Å². The number of ketones is 1. The van der Waals surface area contributed by atoms with Crippen molar-refractivity contribution in [1.29, 1.82) is 0 Å². The Kier molecular flexibility index (Phi) is 17.7. The number of esters is 1. The number of benzene rings is 3. The predicted molar refractivity (Wildman–Crippen MR) is 313 cm³/mol. The molecule has 6 heterocycles. The number of methoxy groups -OCH3 is 1. The smallest absolute Gasteiger partial charge is 0.341 e. The molecule has 0 spiro atoms. The van der Waals surface area contributed by atoms with Crippen LogP contribution < -0.4 is 25.7 Å². The van der Waals surface area contributed by atoms with Crippen LogP contribution in [0.2, 0.25) is 5.02 Å². The van der Waals surface area contributed by atoms with Crippen molar-refractivity contribution in [2.75, 3.05) is 43.5 Å². The topological polar surface area (TPSA) is 309 Å². The van der Waals surface area contributed by atoms with Gasteiger partial charge in [-0.15, -0.1) is 0 Å². The zero-order valence-electron chi connectivity index (χ0n) is 48.6. The molecule has 1 aromatic heterocycles. The number of nitrogens with one attached hydrogen (secondary N) is 2. The Morgan fingerprint density at radius 1 is 0.929 bits per heavy atom. The molecule has 10 rings (SSSR count). The monoisotopic (exact) mass is 1200 g/mol. The number of carbonyl (C=O) groups is 5. The summed E-state index contributed by atoms with van der Waals surface area (Å²) >= 11 is 6.89. The number of carbonyl (C=O) groups excluding carboxylic acids is 4. The molecule has 8 N–H and O–H groups in total. The van der Waals surface area contributed by atoms with Crippen LogP contribution in [0.15, 0.2) is 58.3 Å². The number of aromatic carboxylic acids is 1. The van der Waals surface area contributed by atoms with E-state index in [4.69, 9.17) is 30.5 Å². The number of amides is 2. The van der Waals surface area contributed by atoms with Gasteiger partial charge in [0, 0.05) is 112 Å². The van der Waals surface area contributed by atoms with Crippen LogP contribution in [0.25, 0.3) is 21.7 Å². The lowest BCUT2D eigenvalue weighted by Gasteiger charge is -2.38. The molecule has 1 aliphatic carbocycles. The second-order valence-electron chi connectivity index (χ2n) is 23.3. The quantitative estimate of drug-likeness (QED) is 0.0352. The molecule has 456 valence electrons. The largest absolute Gasteiger partial charge is 0.507 e. The number of hydrazone groups is 1. The highest BCUT2D eigenvalue weighted by atomic mass is 35.5. The van der Waals surface area contributed by atoms with Gasteiger partial charge >= 0.3 is 17.7 Å². The molecule has 3 fully saturated rings. The number of ether oxygens (including phenoxy) is 4. The van der Waals surface area contributed by atoms with Gasteiger partial charge in [-0.2, -0.15) is 5.10 Å². The molecule has 5 bridgehead atoms. The normalized spacial score (nSPS) is 28.5. The number of aliphatic hydroxyl groups excluding tert-OH is 2. The van der Waals surface area contributed by atoms with Crippen LogP contribution in [0, 0.1) is 42.3 Å². The zero-order valence-corrected chi connectivity index (χ0v) is 49.4. The average molecular weight is 1200 g/mol. The van der Waals surface area contributed by atoms with E-state index in [0.717, 1.165) is 25.2 Å². The summed E-state index contributed by atoms with van der Waals surface area (Å²) in [6, 6.07) is 0.547. The number of fused-ring (bicyclic) bond motifs is 15. The fourth-order valence-electron chi connectivity index (χ4n) is 12.2. The molecule has 5 aliphatic heterocycles. The van der Waals surface area contributed by atoms with Gasteiger partial charge in [0.1, 0.15) is 34.7 Å². The number of piperidine rings is 1. The highest BCUT2D eigenvalue weighted by molar-refractivity contribution is 6.38. The minimum atomic E-state index is -2.14. The van der Waals surface area contributed by atoms with E-state index in [0.29, 0.717) is 25.8 Å². The van der Waals surface area contributed by atoms with Gasteiger partial charge in [0.15, 0.2) is 5.75 Å². The molecule has 0 radical (unpaired) electrons. The van der Waals surface area contributed by atoms with Gasteiger partial charge in [0.2, 0.25) is 11.3 Å². The maximum Gasteiger partial charge on any atom is 0.341 e. The predicted octanol–water partition coefficient (Wildman–Crippen LogP) is 7.34. The molecule has 2 saturated heterocycles. The van der Waals surface area contributed by atoms with Crippen LogP contribution in [-0.4, -0.2) is 145 Å². The van der Waals surface area contributed by atoms with Gasteiger partial charge in [0.25, 0.3) is 11.7 Å². The Morgan fingerprint density at radius 3 is 2.27 bits per heavy atom. The number of nitrogens with zero attached hydrogens (tertiary/aromatic N) is 4. The van der Waals surface area contributed by atoms with E-state index in [9.17, 15) is 59.4 Å². The van der Waals surface area contributed by atoms with Crippen molar-refractivity contribution in [3.63, 3.8) is 0 Å². The number of hydrogen-bond acceptors (Lipinski definition) is 18. The average Bonchev–Trinajstić information content (AvgIpc) is 1.78. The molecule has 10 atom stereocenters. The number of halogens is 2. The molecule has 1 unspecified atom stereocenters. The van der Waals surface area contributed by atoms with E-state index in [2.05, 4.69) is 15.7 Å². The molecule has 85 heavy (non-hydrogen) atoms. The lowest BCUT2D eigenvalue weighted by Crippen LogP contribution is -2.46. The van der Waals surface area contributed by atoms with Crippen LogP contribution in [0.4, 0.5) is 15.8 Å². The number of carboxylic acid groups (broad SMARTS) is 1. The van der Waals surface area contributed by atoms with Crippen LogP contribution in [-0.2, 0) is 28.6 Å². The van der Waals surface area contributed by atoms with E-state index in [1.165, 1.54) is 59.4 Å². The maximum absolute atomic E-state index is 15.9. The molecule has 6 aliphatic rings. The van der Waals surface area contributed by atoms with Crippen molar-refractivity contribution in [2.24, 2.45) is 34.7 Å². The first-order chi connectivity index (χ1) is 40.2. The number of phenolic OH excluding ortho intramolecular Hbond substituents is 3. The Hall–Kier alpha value is -7.73. The van der Waals surface area contributed by atoms with Gasteiger partial charge < -0.3 is 69.7 Å².